The van der Waals surface area contributed by atoms with Gasteiger partial charge in [-0.25, -0.2) is 5.21 Å². The summed E-state index contributed by atoms with van der Waals surface area (Å²) in [4.78, 5) is 0. The van der Waals surface area contributed by atoms with Crippen LogP contribution < -0.4 is 5.06 Å². The van der Waals surface area contributed by atoms with E-state index >= 15 is 0 Å². The molecule has 0 aliphatic carbocycles. The van der Waals surface area contributed by atoms with Gasteiger partial charge in [-0.15, -0.1) is 0 Å². The van der Waals surface area contributed by atoms with Crippen molar-refractivity contribution in [1.29, 1.82) is 0 Å². The summed E-state index contributed by atoms with van der Waals surface area (Å²) in [5.74, 6) is 0.728. The van der Waals surface area contributed by atoms with E-state index in [2.05, 4.69) is 34.6 Å². The SMILES string of the molecule is CC1CC(C)(C)[NH+](O)C(C)(C)C1. The number of piperidine rings is 1. The maximum absolute atomic E-state index is 10.00. The summed E-state index contributed by atoms with van der Waals surface area (Å²) in [6, 6.07) is 0. The highest BCUT2D eigenvalue weighted by Gasteiger charge is 2.48. The summed E-state index contributed by atoms with van der Waals surface area (Å²) in [6.45, 7) is 10.8. The first-order valence-electron chi connectivity index (χ1n) is 4.82. The van der Waals surface area contributed by atoms with Crippen LogP contribution >= 0.6 is 0 Å². The van der Waals surface area contributed by atoms with Gasteiger partial charge in [-0.2, -0.15) is 5.06 Å². The molecule has 2 nitrogen and oxygen atoms in total. The van der Waals surface area contributed by atoms with Gasteiger partial charge in [-0.05, 0) is 33.6 Å². The lowest BCUT2D eigenvalue weighted by molar-refractivity contribution is -1.16. The van der Waals surface area contributed by atoms with Crippen molar-refractivity contribution < 1.29 is 10.3 Å². The molecule has 0 spiro atoms. The lowest BCUT2D eigenvalue weighted by Crippen LogP contribution is -3.25. The molecule has 0 saturated carbocycles. The van der Waals surface area contributed by atoms with Gasteiger partial charge < -0.3 is 0 Å². The van der Waals surface area contributed by atoms with Crippen molar-refractivity contribution in [2.45, 2.75) is 58.5 Å². The molecule has 2 heteroatoms. The van der Waals surface area contributed by atoms with Crippen LogP contribution in [0.2, 0.25) is 0 Å². The molecule has 0 atom stereocenters. The molecule has 1 aliphatic heterocycles. The predicted octanol–water partition coefficient (Wildman–Crippen LogP) is 1.25. The van der Waals surface area contributed by atoms with Gasteiger partial charge in [0.05, 0.1) is 0 Å². The zero-order valence-electron chi connectivity index (χ0n) is 8.94. The fourth-order valence-corrected chi connectivity index (χ4v) is 2.92. The van der Waals surface area contributed by atoms with Gasteiger partial charge in [-0.1, -0.05) is 6.92 Å². The van der Waals surface area contributed by atoms with E-state index in [4.69, 9.17) is 0 Å². The van der Waals surface area contributed by atoms with E-state index in [9.17, 15) is 5.21 Å². The molecule has 1 heterocycles. The molecule has 0 bridgehead atoms. The Morgan fingerprint density at radius 3 is 1.75 bits per heavy atom. The second-order valence-electron chi connectivity index (χ2n) is 5.63. The van der Waals surface area contributed by atoms with E-state index in [1.807, 2.05) is 0 Å². The van der Waals surface area contributed by atoms with E-state index in [0.29, 0.717) is 5.06 Å². The van der Waals surface area contributed by atoms with Crippen LogP contribution in [0.4, 0.5) is 0 Å². The van der Waals surface area contributed by atoms with E-state index in [1.54, 1.807) is 0 Å². The van der Waals surface area contributed by atoms with Crippen LogP contribution in [0, 0.1) is 5.92 Å². The molecule has 1 rings (SSSR count). The van der Waals surface area contributed by atoms with Gasteiger partial charge in [0.25, 0.3) is 0 Å². The zero-order chi connectivity index (χ0) is 9.57. The van der Waals surface area contributed by atoms with Gasteiger partial charge in [0.15, 0.2) is 0 Å². The van der Waals surface area contributed by atoms with Crippen molar-refractivity contribution in [3.63, 3.8) is 0 Å². The maximum atomic E-state index is 10.00. The normalized spacial score (nSPS) is 39.5. The van der Waals surface area contributed by atoms with Crippen molar-refractivity contribution >= 4 is 0 Å². The minimum absolute atomic E-state index is 0.0150. The molecule has 0 aromatic carbocycles. The molecule has 0 aromatic heterocycles. The Morgan fingerprint density at radius 2 is 1.42 bits per heavy atom. The Hall–Kier alpha value is -0.0800. The van der Waals surface area contributed by atoms with Crippen LogP contribution in [0.5, 0.6) is 0 Å². The van der Waals surface area contributed by atoms with E-state index < -0.39 is 0 Å². The second kappa shape index (κ2) is 2.71. The van der Waals surface area contributed by atoms with Crippen LogP contribution in [-0.2, 0) is 0 Å². The molecule has 0 unspecified atom stereocenters. The largest absolute Gasteiger partial charge is 0.218 e. The number of quaternary nitrogens is 1. The highest BCUT2D eigenvalue weighted by molar-refractivity contribution is 4.82. The molecule has 12 heavy (non-hydrogen) atoms. The van der Waals surface area contributed by atoms with E-state index in [0.717, 1.165) is 18.8 Å². The molecule has 72 valence electrons. The molecular weight excluding hydrogens is 150 g/mol. The van der Waals surface area contributed by atoms with Gasteiger partial charge in [0.1, 0.15) is 11.1 Å². The summed E-state index contributed by atoms with van der Waals surface area (Å²) < 4.78 is 0. The summed E-state index contributed by atoms with van der Waals surface area (Å²) in [6.07, 6.45) is 2.23. The number of nitrogens with one attached hydrogen (secondary N) is 1. The van der Waals surface area contributed by atoms with Crippen LogP contribution in [0.3, 0.4) is 0 Å². The van der Waals surface area contributed by atoms with Crippen molar-refractivity contribution in [3.8, 4) is 0 Å². The fourth-order valence-electron chi connectivity index (χ4n) is 2.92. The van der Waals surface area contributed by atoms with Crippen LogP contribution in [0.1, 0.15) is 47.5 Å². The first kappa shape index (κ1) is 10.0. The third kappa shape index (κ3) is 1.64. The zero-order valence-corrected chi connectivity index (χ0v) is 8.94. The van der Waals surface area contributed by atoms with E-state index in [1.165, 1.54) is 0 Å². The monoisotopic (exact) mass is 172 g/mol. The van der Waals surface area contributed by atoms with Crippen molar-refractivity contribution in [2.24, 2.45) is 5.92 Å². The second-order valence-corrected chi connectivity index (χ2v) is 5.63. The van der Waals surface area contributed by atoms with Crippen LogP contribution in [-0.4, -0.2) is 16.3 Å². The van der Waals surface area contributed by atoms with Gasteiger partial charge >= 0.3 is 0 Å². The highest BCUT2D eigenvalue weighted by atomic mass is 16.5. The maximum Gasteiger partial charge on any atom is 0.122 e. The molecule has 0 radical (unpaired) electrons. The number of hydrogen-bond donors (Lipinski definition) is 2. The average molecular weight is 172 g/mol. The third-order valence-corrected chi connectivity index (χ3v) is 3.00. The third-order valence-electron chi connectivity index (χ3n) is 3.00. The summed E-state index contributed by atoms with van der Waals surface area (Å²) in [5, 5.41) is 10.7. The Labute approximate surface area is 75.5 Å². The average Bonchev–Trinajstić information content (AvgIpc) is 1.80. The Kier molecular flexibility index (Phi) is 2.26. The number of hydroxylamine groups is 2. The summed E-state index contributed by atoms with van der Waals surface area (Å²) in [5.41, 5.74) is 0.0301. The quantitative estimate of drug-likeness (QED) is 0.565. The molecule has 0 amide bonds. The number of hydrogen-bond acceptors (Lipinski definition) is 1. The molecule has 2 N–H and O–H groups in total. The van der Waals surface area contributed by atoms with Crippen molar-refractivity contribution in [3.05, 3.63) is 0 Å². The first-order valence-corrected chi connectivity index (χ1v) is 4.82. The minimum atomic E-state index is 0.0150. The van der Waals surface area contributed by atoms with Crippen molar-refractivity contribution in [1.82, 2.24) is 0 Å². The smallest absolute Gasteiger partial charge is 0.122 e. The molecule has 1 fully saturated rings. The van der Waals surface area contributed by atoms with E-state index in [-0.39, 0.29) is 11.1 Å². The fraction of sp³-hybridized carbons (Fsp3) is 1.00. The molecule has 1 aliphatic rings. The minimum Gasteiger partial charge on any atom is -0.218 e. The number of rotatable bonds is 0. The Balaban J connectivity index is 2.84. The molecule has 0 aromatic rings. The standard InChI is InChI=1S/C10H21NO/c1-8-6-9(2,3)11(12)10(4,5)7-8/h8,12H,6-7H2,1-5H3/p+1. The molecular formula is C10H22NO+. The first-order chi connectivity index (χ1) is 5.26. The lowest BCUT2D eigenvalue weighted by atomic mass is 9.76. The highest BCUT2D eigenvalue weighted by Crippen LogP contribution is 2.27. The molecule has 1 saturated heterocycles. The predicted molar refractivity (Wildman–Crippen MR) is 49.3 cm³/mol. The van der Waals surface area contributed by atoms with Crippen molar-refractivity contribution in [2.75, 3.05) is 0 Å². The lowest BCUT2D eigenvalue weighted by Gasteiger charge is -2.46. The Morgan fingerprint density at radius 1 is 1.08 bits per heavy atom. The van der Waals surface area contributed by atoms with Crippen LogP contribution in [0.15, 0.2) is 0 Å². The summed E-state index contributed by atoms with van der Waals surface area (Å²) in [7, 11) is 0. The van der Waals surface area contributed by atoms with Gasteiger partial charge in [-0.3, -0.25) is 0 Å². The van der Waals surface area contributed by atoms with Gasteiger partial charge in [0, 0.05) is 12.8 Å². The topological polar surface area (TPSA) is 24.7 Å². The van der Waals surface area contributed by atoms with Gasteiger partial charge in [0.2, 0.25) is 0 Å². The van der Waals surface area contributed by atoms with Crippen LogP contribution in [0.25, 0.3) is 0 Å². The Bertz CT molecular complexity index is 157. The summed E-state index contributed by atoms with van der Waals surface area (Å²) >= 11 is 0.